The predicted molar refractivity (Wildman–Crippen MR) is 153 cm³/mol. The average molecular weight is 557 g/mol. The zero-order valence-corrected chi connectivity index (χ0v) is 23.8. The second-order valence-electron chi connectivity index (χ2n) is 11.0. The van der Waals surface area contributed by atoms with E-state index in [9.17, 15) is 18.9 Å². The average Bonchev–Trinajstić information content (AvgIpc) is 3.40. The minimum Gasteiger partial charge on any atom is -0.378 e. The Balaban J connectivity index is 1.53. The Kier molecular flexibility index (Phi) is 10.9. The van der Waals surface area contributed by atoms with Crippen LogP contribution in [0.2, 0.25) is 0 Å². The third-order valence-electron chi connectivity index (χ3n) is 8.16. The van der Waals surface area contributed by atoms with Crippen molar-refractivity contribution in [3.05, 3.63) is 51.2 Å². The topological polar surface area (TPSA) is 84.5 Å². The van der Waals surface area contributed by atoms with E-state index in [0.29, 0.717) is 17.3 Å². The number of Topliss-reactive ketones (excluding diaryl/α,β-unsaturated/α-hetero) is 1. The smallest absolute Gasteiger partial charge is 0.350 e. The van der Waals surface area contributed by atoms with Crippen molar-refractivity contribution in [2.45, 2.75) is 96.4 Å². The Labute approximate surface area is 235 Å². The van der Waals surface area contributed by atoms with Gasteiger partial charge in [0, 0.05) is 33.1 Å². The minimum atomic E-state index is -1.01. The highest BCUT2D eigenvalue weighted by atomic mass is 32.1. The summed E-state index contributed by atoms with van der Waals surface area (Å²) in [5, 5.41) is 6.39. The molecule has 1 aromatic carbocycles. The summed E-state index contributed by atoms with van der Waals surface area (Å²) in [4.78, 5) is 42.2. The highest BCUT2D eigenvalue weighted by molar-refractivity contribution is 7.14. The van der Waals surface area contributed by atoms with Gasteiger partial charge in [0.15, 0.2) is 5.78 Å². The maximum absolute atomic E-state index is 13.5. The number of amides is 1. The molecule has 1 unspecified atom stereocenters. The van der Waals surface area contributed by atoms with Crippen LogP contribution >= 0.6 is 11.3 Å². The summed E-state index contributed by atoms with van der Waals surface area (Å²) in [6.07, 6.45) is 13.4. The van der Waals surface area contributed by atoms with E-state index in [-0.39, 0.29) is 30.8 Å². The van der Waals surface area contributed by atoms with Crippen molar-refractivity contribution in [2.75, 3.05) is 11.9 Å². The molecule has 1 heterocycles. The van der Waals surface area contributed by atoms with Crippen molar-refractivity contribution >= 4 is 34.7 Å². The number of aryl methyl sites for hydroxylation is 1. The van der Waals surface area contributed by atoms with Crippen LogP contribution in [0.4, 0.5) is 10.2 Å². The lowest BCUT2D eigenvalue weighted by Crippen LogP contribution is -2.26. The lowest BCUT2D eigenvalue weighted by Gasteiger charge is -2.32. The number of nitrogens with one attached hydrogen (secondary N) is 2. The van der Waals surface area contributed by atoms with Gasteiger partial charge < -0.3 is 10.6 Å². The number of thiophene rings is 1. The molecular weight excluding hydrogens is 515 g/mol. The van der Waals surface area contributed by atoms with Gasteiger partial charge in [0.25, 0.3) is 5.91 Å². The first-order valence-electron chi connectivity index (χ1n) is 14.6. The molecule has 2 aliphatic rings. The molecule has 2 aliphatic carbocycles. The van der Waals surface area contributed by atoms with E-state index < -0.39 is 5.97 Å². The Morgan fingerprint density at radius 2 is 1.67 bits per heavy atom. The summed E-state index contributed by atoms with van der Waals surface area (Å²) in [6, 6.07) is 9.62. The van der Waals surface area contributed by atoms with Gasteiger partial charge in [0.2, 0.25) is 0 Å². The van der Waals surface area contributed by atoms with Crippen molar-refractivity contribution in [3.63, 3.8) is 0 Å². The van der Waals surface area contributed by atoms with Crippen LogP contribution in [-0.2, 0) is 16.2 Å². The van der Waals surface area contributed by atoms with Gasteiger partial charge in [0.1, 0.15) is 0 Å². The fourth-order valence-corrected chi connectivity index (χ4v) is 7.38. The number of anilines is 1. The second kappa shape index (κ2) is 14.6. The minimum absolute atomic E-state index is 0.00557. The van der Waals surface area contributed by atoms with Gasteiger partial charge in [-0.1, -0.05) is 51.9 Å². The molecule has 0 radical (unpaired) electrons. The van der Waals surface area contributed by atoms with Crippen LogP contribution in [0.25, 0.3) is 0 Å². The summed E-state index contributed by atoms with van der Waals surface area (Å²) in [7, 11) is 0. The highest BCUT2D eigenvalue weighted by Gasteiger charge is 2.31. The van der Waals surface area contributed by atoms with Crippen LogP contribution in [-0.4, -0.2) is 24.2 Å². The molecule has 6 nitrogen and oxygen atoms in total. The molecule has 2 aromatic rings. The molecule has 0 bridgehead atoms. The number of carbonyl (C=O) groups excluding carboxylic acids is 3. The standard InChI is InChI=1S/C31H41FN2O4S/c1-2-9-26-25(20-27(39-26)30(36)22-12-7-4-8-13-22)29(21-10-5-3-6-11-21)34-24-16-14-23(15-17-24)31(37)33-19-18-28(35)38-32/h14-17,20-22,29,34H,2-13,18-19H2,1H3,(H,33,37). The van der Waals surface area contributed by atoms with Gasteiger partial charge in [-0.15, -0.1) is 11.3 Å². The lowest BCUT2D eigenvalue weighted by molar-refractivity contribution is -0.183. The van der Waals surface area contributed by atoms with E-state index in [1.807, 2.05) is 12.1 Å². The molecule has 1 aromatic heterocycles. The van der Waals surface area contributed by atoms with Crippen molar-refractivity contribution in [1.82, 2.24) is 5.32 Å². The fourth-order valence-electron chi connectivity index (χ4n) is 6.05. The monoisotopic (exact) mass is 556 g/mol. The zero-order chi connectivity index (χ0) is 27.6. The molecule has 8 heteroatoms. The van der Waals surface area contributed by atoms with Crippen LogP contribution < -0.4 is 10.6 Å². The van der Waals surface area contributed by atoms with E-state index in [2.05, 4.69) is 28.6 Å². The third kappa shape index (κ3) is 7.90. The molecule has 39 heavy (non-hydrogen) atoms. The number of halogens is 1. The van der Waals surface area contributed by atoms with Crippen LogP contribution in [0.1, 0.15) is 120 Å². The molecule has 1 amide bonds. The molecule has 2 saturated carbocycles. The first kappa shape index (κ1) is 29.2. The Hall–Kier alpha value is -2.74. The van der Waals surface area contributed by atoms with Crippen molar-refractivity contribution in [3.8, 4) is 0 Å². The van der Waals surface area contributed by atoms with Crippen molar-refractivity contribution < 1.29 is 23.9 Å². The predicted octanol–water partition coefficient (Wildman–Crippen LogP) is 7.74. The normalized spacial score (nSPS) is 17.4. The Morgan fingerprint density at radius 1 is 1.00 bits per heavy atom. The fraction of sp³-hybridized carbons (Fsp3) is 0.581. The highest BCUT2D eigenvalue weighted by Crippen LogP contribution is 2.42. The molecular formula is C31H41FN2O4S. The number of carbonyl (C=O) groups is 3. The zero-order valence-electron chi connectivity index (χ0n) is 22.9. The van der Waals surface area contributed by atoms with Gasteiger partial charge in [-0.2, -0.15) is 0 Å². The maximum atomic E-state index is 13.5. The SMILES string of the molecule is CCCc1sc(C(=O)C2CCCCC2)cc1C(Nc1ccc(C(=O)NCCC(=O)OF)cc1)C1CCCCC1. The Morgan fingerprint density at radius 3 is 2.31 bits per heavy atom. The summed E-state index contributed by atoms with van der Waals surface area (Å²) in [6.45, 7) is 2.20. The number of ketones is 1. The van der Waals surface area contributed by atoms with Crippen LogP contribution in [0.15, 0.2) is 30.3 Å². The van der Waals surface area contributed by atoms with Gasteiger partial charge in [-0.25, -0.2) is 4.79 Å². The van der Waals surface area contributed by atoms with Crippen LogP contribution in [0, 0.1) is 11.8 Å². The quantitative estimate of drug-likeness (QED) is 0.261. The van der Waals surface area contributed by atoms with Gasteiger partial charge in [0.05, 0.1) is 17.3 Å². The molecule has 212 valence electrons. The Bertz CT molecular complexity index is 1100. The number of hydrogen-bond acceptors (Lipinski definition) is 6. The summed E-state index contributed by atoms with van der Waals surface area (Å²) in [5.41, 5.74) is 2.66. The first-order chi connectivity index (χ1) is 19.0. The van der Waals surface area contributed by atoms with Gasteiger partial charge in [-0.05, 0) is 73.9 Å². The first-order valence-corrected chi connectivity index (χ1v) is 15.4. The lowest BCUT2D eigenvalue weighted by atomic mass is 9.80. The molecule has 2 fully saturated rings. The summed E-state index contributed by atoms with van der Waals surface area (Å²) < 4.78 is 11.8. The van der Waals surface area contributed by atoms with Crippen LogP contribution in [0.3, 0.4) is 0 Å². The van der Waals surface area contributed by atoms with Crippen molar-refractivity contribution in [1.29, 1.82) is 0 Å². The molecule has 0 saturated heterocycles. The van der Waals surface area contributed by atoms with Gasteiger partial charge >= 0.3 is 5.97 Å². The largest absolute Gasteiger partial charge is 0.378 e. The molecule has 4 rings (SSSR count). The van der Waals surface area contributed by atoms with Gasteiger partial charge in [-0.3, -0.25) is 14.5 Å². The summed E-state index contributed by atoms with van der Waals surface area (Å²) >= 11 is 1.71. The van der Waals surface area contributed by atoms with E-state index in [0.717, 1.165) is 61.9 Å². The number of rotatable bonds is 12. The number of hydrogen-bond donors (Lipinski definition) is 2. The second-order valence-corrected chi connectivity index (χ2v) is 12.1. The van der Waals surface area contributed by atoms with E-state index in [4.69, 9.17) is 0 Å². The van der Waals surface area contributed by atoms with E-state index in [1.165, 1.54) is 36.1 Å². The molecule has 1 atom stereocenters. The molecule has 2 N–H and O–H groups in total. The van der Waals surface area contributed by atoms with E-state index in [1.54, 1.807) is 23.5 Å². The van der Waals surface area contributed by atoms with E-state index >= 15 is 0 Å². The third-order valence-corrected chi connectivity index (χ3v) is 9.39. The number of benzene rings is 1. The van der Waals surface area contributed by atoms with Crippen LogP contribution in [0.5, 0.6) is 0 Å². The summed E-state index contributed by atoms with van der Waals surface area (Å²) in [5.74, 6) is -0.350. The maximum Gasteiger partial charge on any atom is 0.350 e. The molecule has 0 aliphatic heterocycles. The molecule has 0 spiro atoms. The van der Waals surface area contributed by atoms with Crippen molar-refractivity contribution in [2.24, 2.45) is 11.8 Å².